The molecule has 0 spiro atoms. The van der Waals surface area contributed by atoms with E-state index in [1.54, 1.807) is 6.92 Å². The van der Waals surface area contributed by atoms with Gasteiger partial charge in [-0.3, -0.25) is 19.3 Å². The Morgan fingerprint density at radius 2 is 1.83 bits per heavy atom. The minimum Gasteiger partial charge on any atom is -0.300 e. The van der Waals surface area contributed by atoms with Gasteiger partial charge < -0.3 is 0 Å². The van der Waals surface area contributed by atoms with Crippen molar-refractivity contribution in [3.8, 4) is 0 Å². The smallest absolute Gasteiger partial charge is 0.242 e. The van der Waals surface area contributed by atoms with Gasteiger partial charge in [-0.05, 0) is 19.8 Å². The highest BCUT2D eigenvalue weighted by Gasteiger charge is 2.38. The van der Waals surface area contributed by atoms with Crippen molar-refractivity contribution in [3.63, 3.8) is 0 Å². The van der Waals surface area contributed by atoms with E-state index in [4.69, 9.17) is 0 Å². The average molecular weight is 342 g/mol. The highest BCUT2D eigenvalue weighted by atomic mass is 32.2. The number of rotatable bonds is 12. The quantitative estimate of drug-likeness (QED) is 0.400. The minimum absolute atomic E-state index is 0.00415. The van der Waals surface area contributed by atoms with Crippen LogP contribution < -0.4 is 0 Å². The summed E-state index contributed by atoms with van der Waals surface area (Å²) in [4.78, 5) is 37.3. The lowest BCUT2D eigenvalue weighted by atomic mass is 10.1. The van der Waals surface area contributed by atoms with Gasteiger partial charge in [-0.2, -0.15) is 0 Å². The fourth-order valence-corrected chi connectivity index (χ4v) is 4.29. The summed E-state index contributed by atoms with van der Waals surface area (Å²) in [5.41, 5.74) is 0. The van der Waals surface area contributed by atoms with E-state index in [9.17, 15) is 14.4 Å². The number of unbranched alkanes of at least 4 members (excludes halogenated alkanes) is 5. The molecule has 1 aliphatic rings. The number of amides is 2. The van der Waals surface area contributed by atoms with E-state index in [0.29, 0.717) is 18.7 Å². The van der Waals surface area contributed by atoms with E-state index in [0.717, 1.165) is 19.3 Å². The summed E-state index contributed by atoms with van der Waals surface area (Å²) in [6.07, 6.45) is 7.97. The molecular formula is C18H31NO3S. The number of hydrogen-bond donors (Lipinski definition) is 0. The Morgan fingerprint density at radius 1 is 1.17 bits per heavy atom. The van der Waals surface area contributed by atoms with Crippen molar-refractivity contribution in [2.75, 3.05) is 12.3 Å². The number of Topliss-reactive ketones (excluding diaryl/α,β-unsaturated/α-hetero) is 1. The molecule has 1 fully saturated rings. The summed E-state index contributed by atoms with van der Waals surface area (Å²) in [5, 5.41) is -0.281. The van der Waals surface area contributed by atoms with Crippen LogP contribution >= 0.6 is 11.8 Å². The Bertz CT molecular complexity index is 411. The van der Waals surface area contributed by atoms with Crippen LogP contribution in [0, 0.1) is 5.92 Å². The molecule has 0 aromatic rings. The molecule has 23 heavy (non-hydrogen) atoms. The predicted octanol–water partition coefficient (Wildman–Crippen LogP) is 3.82. The first kappa shape index (κ1) is 20.2. The molecule has 4 nitrogen and oxygen atoms in total. The molecule has 0 aromatic carbocycles. The maximum Gasteiger partial charge on any atom is 0.242 e. The van der Waals surface area contributed by atoms with Crippen LogP contribution in [0.25, 0.3) is 0 Å². The third-order valence-corrected chi connectivity index (χ3v) is 5.87. The molecule has 0 aliphatic carbocycles. The zero-order valence-electron chi connectivity index (χ0n) is 14.8. The van der Waals surface area contributed by atoms with Gasteiger partial charge in [-0.15, -0.1) is 11.8 Å². The third-order valence-electron chi connectivity index (χ3n) is 4.50. The van der Waals surface area contributed by atoms with Crippen LogP contribution in [0.4, 0.5) is 0 Å². The molecule has 0 aromatic heterocycles. The SMILES string of the molecule is CCCCCCCCN1C(=O)CC(SC[C@H](CC)C(C)=O)C1=O. The van der Waals surface area contributed by atoms with Crippen molar-refractivity contribution >= 4 is 29.4 Å². The van der Waals surface area contributed by atoms with Gasteiger partial charge in [0.25, 0.3) is 0 Å². The normalized spacial score (nSPS) is 19.4. The number of nitrogens with zero attached hydrogens (tertiary/aromatic N) is 1. The number of hydrogen-bond acceptors (Lipinski definition) is 4. The van der Waals surface area contributed by atoms with Gasteiger partial charge in [0.1, 0.15) is 5.78 Å². The number of thioether (sulfide) groups is 1. The second kappa shape index (κ2) is 10.8. The summed E-state index contributed by atoms with van der Waals surface area (Å²) < 4.78 is 0. The lowest BCUT2D eigenvalue weighted by Crippen LogP contribution is -2.32. The topological polar surface area (TPSA) is 54.5 Å². The van der Waals surface area contributed by atoms with E-state index in [-0.39, 0.29) is 28.8 Å². The van der Waals surface area contributed by atoms with E-state index in [1.807, 2.05) is 6.92 Å². The summed E-state index contributed by atoms with van der Waals surface area (Å²) in [6, 6.07) is 0. The van der Waals surface area contributed by atoms with Gasteiger partial charge >= 0.3 is 0 Å². The van der Waals surface area contributed by atoms with Crippen LogP contribution in [-0.4, -0.2) is 40.0 Å². The van der Waals surface area contributed by atoms with Crippen molar-refractivity contribution in [3.05, 3.63) is 0 Å². The molecule has 1 heterocycles. The molecule has 0 bridgehead atoms. The van der Waals surface area contributed by atoms with Gasteiger partial charge in [0.2, 0.25) is 11.8 Å². The highest BCUT2D eigenvalue weighted by molar-refractivity contribution is 8.00. The first-order chi connectivity index (χ1) is 11.0. The Hall–Kier alpha value is -0.840. The Morgan fingerprint density at radius 3 is 2.43 bits per heavy atom. The summed E-state index contributed by atoms with van der Waals surface area (Å²) >= 11 is 1.48. The molecule has 0 saturated carbocycles. The summed E-state index contributed by atoms with van der Waals surface area (Å²) in [7, 11) is 0. The van der Waals surface area contributed by atoms with Crippen LogP contribution in [-0.2, 0) is 14.4 Å². The molecular weight excluding hydrogens is 310 g/mol. The van der Waals surface area contributed by atoms with Crippen molar-refractivity contribution in [2.45, 2.75) is 77.4 Å². The van der Waals surface area contributed by atoms with Crippen LogP contribution in [0.1, 0.15) is 72.1 Å². The minimum atomic E-state index is -0.281. The van der Waals surface area contributed by atoms with E-state index >= 15 is 0 Å². The summed E-state index contributed by atoms with van der Waals surface area (Å²) in [6.45, 7) is 6.33. The van der Waals surface area contributed by atoms with Crippen LogP contribution in [0.3, 0.4) is 0 Å². The van der Waals surface area contributed by atoms with Crippen LogP contribution in [0.5, 0.6) is 0 Å². The molecule has 0 radical (unpaired) electrons. The number of carbonyl (C=O) groups is 3. The summed E-state index contributed by atoms with van der Waals surface area (Å²) in [5.74, 6) is 0.709. The zero-order chi connectivity index (χ0) is 17.2. The van der Waals surface area contributed by atoms with Crippen LogP contribution in [0.2, 0.25) is 0 Å². The first-order valence-electron chi connectivity index (χ1n) is 8.97. The van der Waals surface area contributed by atoms with Gasteiger partial charge in [0.15, 0.2) is 0 Å². The van der Waals surface area contributed by atoms with E-state index in [2.05, 4.69) is 6.92 Å². The van der Waals surface area contributed by atoms with E-state index in [1.165, 1.54) is 42.3 Å². The van der Waals surface area contributed by atoms with Gasteiger partial charge in [-0.1, -0.05) is 46.0 Å². The maximum absolute atomic E-state index is 12.4. The monoisotopic (exact) mass is 341 g/mol. The molecule has 2 atom stereocenters. The fraction of sp³-hybridized carbons (Fsp3) is 0.833. The number of ketones is 1. The van der Waals surface area contributed by atoms with Crippen molar-refractivity contribution in [2.24, 2.45) is 5.92 Å². The van der Waals surface area contributed by atoms with Gasteiger partial charge in [0.05, 0.1) is 5.25 Å². The maximum atomic E-state index is 12.4. The third kappa shape index (κ3) is 6.66. The van der Waals surface area contributed by atoms with Gasteiger partial charge in [0, 0.05) is 24.6 Å². The molecule has 1 unspecified atom stereocenters. The molecule has 132 valence electrons. The van der Waals surface area contributed by atoms with E-state index < -0.39 is 0 Å². The Labute approximate surface area is 144 Å². The fourth-order valence-electron chi connectivity index (χ4n) is 2.82. The lowest BCUT2D eigenvalue weighted by Gasteiger charge is -2.16. The number of carbonyl (C=O) groups excluding carboxylic acids is 3. The molecule has 1 saturated heterocycles. The zero-order valence-corrected chi connectivity index (χ0v) is 15.6. The van der Waals surface area contributed by atoms with Crippen molar-refractivity contribution in [1.29, 1.82) is 0 Å². The number of imide groups is 1. The van der Waals surface area contributed by atoms with Crippen molar-refractivity contribution < 1.29 is 14.4 Å². The average Bonchev–Trinajstić information content (AvgIpc) is 2.78. The molecule has 1 aliphatic heterocycles. The Kier molecular flexibility index (Phi) is 9.53. The highest BCUT2D eigenvalue weighted by Crippen LogP contribution is 2.28. The standard InChI is InChI=1S/C18H31NO3S/c1-4-6-7-8-9-10-11-19-17(21)12-16(18(19)22)23-13-15(5-2)14(3)20/h15-16H,4-13H2,1-3H3/t15-,16?/m0/s1. The molecule has 5 heteroatoms. The predicted molar refractivity (Wildman–Crippen MR) is 95.4 cm³/mol. The Balaban J connectivity index is 2.33. The molecule has 2 amide bonds. The first-order valence-corrected chi connectivity index (χ1v) is 10.0. The molecule has 1 rings (SSSR count). The van der Waals surface area contributed by atoms with Crippen LogP contribution in [0.15, 0.2) is 0 Å². The van der Waals surface area contributed by atoms with Crippen molar-refractivity contribution in [1.82, 2.24) is 4.90 Å². The largest absolute Gasteiger partial charge is 0.300 e. The number of likely N-dealkylation sites (tertiary alicyclic amines) is 1. The second-order valence-electron chi connectivity index (χ2n) is 6.39. The second-order valence-corrected chi connectivity index (χ2v) is 7.63. The van der Waals surface area contributed by atoms with Gasteiger partial charge in [-0.25, -0.2) is 0 Å². The lowest BCUT2D eigenvalue weighted by molar-refractivity contribution is -0.138. The molecule has 0 N–H and O–H groups in total.